The first-order valence-corrected chi connectivity index (χ1v) is 11.3. The van der Waals surface area contributed by atoms with E-state index in [1.54, 1.807) is 60.8 Å². The van der Waals surface area contributed by atoms with Crippen molar-refractivity contribution >= 4 is 27.3 Å². The van der Waals surface area contributed by atoms with E-state index in [-0.39, 0.29) is 10.8 Å². The Morgan fingerprint density at radius 1 is 1.06 bits per heavy atom. The highest BCUT2D eigenvalue weighted by Gasteiger charge is 2.26. The molecular weight excluding hydrogens is 414 g/mol. The molecule has 1 N–H and O–H groups in total. The molecule has 7 nitrogen and oxygen atoms in total. The minimum Gasteiger partial charge on any atom is -0.496 e. The number of fused-ring (bicyclic) bond motifs is 1. The molecule has 0 saturated carbocycles. The second-order valence-corrected chi connectivity index (χ2v) is 9.16. The van der Waals surface area contributed by atoms with Crippen molar-refractivity contribution in [2.45, 2.75) is 25.2 Å². The van der Waals surface area contributed by atoms with E-state index in [0.717, 1.165) is 23.1 Å². The Bertz CT molecular complexity index is 1230. The van der Waals surface area contributed by atoms with Gasteiger partial charge in [0.1, 0.15) is 5.75 Å². The fraction of sp³-hybridized carbons (Fsp3) is 0.217. The summed E-state index contributed by atoms with van der Waals surface area (Å²) in [6.07, 6.45) is 3.87. The van der Waals surface area contributed by atoms with Crippen LogP contribution in [0.4, 0.5) is 11.4 Å². The number of amides is 1. The Kier molecular flexibility index (Phi) is 5.41. The van der Waals surface area contributed by atoms with Crippen LogP contribution in [0.1, 0.15) is 27.0 Å². The molecule has 0 bridgehead atoms. The fourth-order valence-corrected chi connectivity index (χ4v) is 5.12. The van der Waals surface area contributed by atoms with Gasteiger partial charge in [0.15, 0.2) is 0 Å². The number of benzene rings is 2. The molecule has 0 spiro atoms. The van der Waals surface area contributed by atoms with Gasteiger partial charge in [-0.3, -0.25) is 14.5 Å². The highest BCUT2D eigenvalue weighted by atomic mass is 32.2. The van der Waals surface area contributed by atoms with Crippen LogP contribution in [0, 0.1) is 13.8 Å². The highest BCUT2D eigenvalue weighted by molar-refractivity contribution is 7.92. The van der Waals surface area contributed by atoms with Crippen molar-refractivity contribution in [3.05, 3.63) is 77.1 Å². The van der Waals surface area contributed by atoms with Crippen molar-refractivity contribution in [3.63, 3.8) is 0 Å². The lowest BCUT2D eigenvalue weighted by molar-refractivity contribution is 0.0989. The number of sulfonamides is 1. The highest BCUT2D eigenvalue weighted by Crippen LogP contribution is 2.33. The molecule has 1 aromatic heterocycles. The summed E-state index contributed by atoms with van der Waals surface area (Å²) in [5.41, 5.74) is 4.14. The van der Waals surface area contributed by atoms with E-state index in [1.165, 1.54) is 0 Å². The van der Waals surface area contributed by atoms with Crippen LogP contribution in [0.25, 0.3) is 0 Å². The first kappa shape index (κ1) is 20.9. The lowest BCUT2D eigenvalue weighted by atomic mass is 10.1. The van der Waals surface area contributed by atoms with Gasteiger partial charge in [0, 0.05) is 30.2 Å². The number of carbonyl (C=O) groups is 1. The molecule has 0 radical (unpaired) electrons. The molecule has 0 atom stereocenters. The van der Waals surface area contributed by atoms with E-state index >= 15 is 0 Å². The van der Waals surface area contributed by atoms with E-state index in [1.807, 2.05) is 19.9 Å². The number of hydrogen-bond acceptors (Lipinski definition) is 5. The van der Waals surface area contributed by atoms with Crippen LogP contribution in [0.5, 0.6) is 5.75 Å². The van der Waals surface area contributed by atoms with Gasteiger partial charge in [0.25, 0.3) is 15.9 Å². The number of aryl methyl sites for hydroxylation is 2. The Labute approximate surface area is 181 Å². The zero-order chi connectivity index (χ0) is 22.2. The molecule has 0 saturated heterocycles. The minimum atomic E-state index is -3.81. The average Bonchev–Trinajstić information content (AvgIpc) is 3.16. The number of hydrogen-bond donors (Lipinski definition) is 1. The summed E-state index contributed by atoms with van der Waals surface area (Å²) in [5.74, 6) is 0.532. The van der Waals surface area contributed by atoms with E-state index < -0.39 is 10.0 Å². The molecule has 0 fully saturated rings. The molecular formula is C23H23N3O4S. The molecule has 4 rings (SSSR count). The van der Waals surface area contributed by atoms with Crippen molar-refractivity contribution in [2.75, 3.05) is 23.3 Å². The van der Waals surface area contributed by atoms with Crippen LogP contribution in [0.2, 0.25) is 0 Å². The molecule has 160 valence electrons. The molecule has 3 aromatic rings. The van der Waals surface area contributed by atoms with Gasteiger partial charge in [-0.05, 0) is 73.4 Å². The lowest BCUT2D eigenvalue weighted by Gasteiger charge is -2.18. The van der Waals surface area contributed by atoms with Gasteiger partial charge in [-0.15, -0.1) is 0 Å². The number of ether oxygens (including phenoxy) is 1. The summed E-state index contributed by atoms with van der Waals surface area (Å²) in [6.45, 7) is 4.16. The van der Waals surface area contributed by atoms with Gasteiger partial charge in [-0.1, -0.05) is 6.07 Å². The third-order valence-electron chi connectivity index (χ3n) is 5.35. The zero-order valence-corrected chi connectivity index (χ0v) is 18.4. The summed E-state index contributed by atoms with van der Waals surface area (Å²) >= 11 is 0. The number of methoxy groups -OCH3 is 1. The van der Waals surface area contributed by atoms with Crippen LogP contribution in [0.3, 0.4) is 0 Å². The number of pyridine rings is 1. The Balaban J connectivity index is 1.63. The Morgan fingerprint density at radius 3 is 2.39 bits per heavy atom. The van der Waals surface area contributed by atoms with E-state index in [4.69, 9.17) is 4.74 Å². The van der Waals surface area contributed by atoms with E-state index in [0.29, 0.717) is 29.2 Å². The van der Waals surface area contributed by atoms with Gasteiger partial charge in [0.05, 0.1) is 17.7 Å². The van der Waals surface area contributed by atoms with Crippen molar-refractivity contribution in [3.8, 4) is 5.75 Å². The molecule has 2 aromatic carbocycles. The molecule has 1 amide bonds. The van der Waals surface area contributed by atoms with Crippen LogP contribution < -0.4 is 14.4 Å². The van der Waals surface area contributed by atoms with Crippen LogP contribution in [0.15, 0.2) is 59.8 Å². The number of nitrogens with one attached hydrogen (secondary N) is 1. The van der Waals surface area contributed by atoms with Crippen molar-refractivity contribution in [1.82, 2.24) is 4.98 Å². The maximum atomic E-state index is 13.0. The van der Waals surface area contributed by atoms with Gasteiger partial charge in [0.2, 0.25) is 0 Å². The molecule has 1 aliphatic heterocycles. The standard InChI is InChI=1S/C23H23N3O4S/c1-15-12-20(13-16(2)22(15)30-3)31(28,29)25-19-5-4-17-8-11-26(21(17)14-19)23(27)18-6-9-24-10-7-18/h4-7,9-10,12-14,25H,8,11H2,1-3H3. The monoisotopic (exact) mass is 437 g/mol. The fourth-order valence-electron chi connectivity index (χ4n) is 3.91. The largest absolute Gasteiger partial charge is 0.496 e. The van der Waals surface area contributed by atoms with Gasteiger partial charge in [-0.25, -0.2) is 8.42 Å². The lowest BCUT2D eigenvalue weighted by Crippen LogP contribution is -2.28. The maximum absolute atomic E-state index is 13.0. The molecule has 31 heavy (non-hydrogen) atoms. The topological polar surface area (TPSA) is 88.6 Å². The number of aromatic nitrogens is 1. The van der Waals surface area contributed by atoms with Crippen molar-refractivity contribution in [2.24, 2.45) is 0 Å². The summed E-state index contributed by atoms with van der Waals surface area (Å²) in [7, 11) is -2.25. The molecule has 2 heterocycles. The molecule has 1 aliphatic rings. The first-order chi connectivity index (χ1) is 14.8. The molecule has 8 heteroatoms. The minimum absolute atomic E-state index is 0.137. The van der Waals surface area contributed by atoms with Crippen LogP contribution >= 0.6 is 0 Å². The molecule has 0 unspecified atom stereocenters. The van der Waals surface area contributed by atoms with Crippen LogP contribution in [-0.2, 0) is 16.4 Å². The van der Waals surface area contributed by atoms with Crippen molar-refractivity contribution < 1.29 is 17.9 Å². The SMILES string of the molecule is COc1c(C)cc(S(=O)(=O)Nc2ccc3c(c2)N(C(=O)c2ccncc2)CC3)cc1C. The van der Waals surface area contributed by atoms with Gasteiger partial charge in [-0.2, -0.15) is 0 Å². The number of carbonyl (C=O) groups excluding carboxylic acids is 1. The maximum Gasteiger partial charge on any atom is 0.261 e. The Hall–Kier alpha value is -3.39. The number of rotatable bonds is 5. The summed E-state index contributed by atoms with van der Waals surface area (Å²) < 4.78 is 34.0. The third kappa shape index (κ3) is 3.98. The third-order valence-corrected chi connectivity index (χ3v) is 6.71. The van der Waals surface area contributed by atoms with Gasteiger partial charge < -0.3 is 9.64 Å². The second-order valence-electron chi connectivity index (χ2n) is 7.48. The van der Waals surface area contributed by atoms with E-state index in [2.05, 4.69) is 9.71 Å². The zero-order valence-electron chi connectivity index (χ0n) is 17.5. The summed E-state index contributed by atoms with van der Waals surface area (Å²) in [5, 5.41) is 0. The van der Waals surface area contributed by atoms with Gasteiger partial charge >= 0.3 is 0 Å². The number of nitrogens with zero attached hydrogens (tertiary/aromatic N) is 2. The first-order valence-electron chi connectivity index (χ1n) is 9.83. The Morgan fingerprint density at radius 2 is 1.74 bits per heavy atom. The molecule has 0 aliphatic carbocycles. The van der Waals surface area contributed by atoms with E-state index in [9.17, 15) is 13.2 Å². The summed E-state index contributed by atoms with van der Waals surface area (Å²) in [4.78, 5) is 18.7. The van der Waals surface area contributed by atoms with Crippen LogP contribution in [-0.4, -0.2) is 33.0 Å². The predicted octanol–water partition coefficient (Wildman–Crippen LogP) is 3.71. The van der Waals surface area contributed by atoms with Crippen molar-refractivity contribution in [1.29, 1.82) is 0 Å². The number of anilines is 2. The average molecular weight is 438 g/mol. The normalized spacial score (nSPS) is 13.1. The quantitative estimate of drug-likeness (QED) is 0.657. The summed E-state index contributed by atoms with van der Waals surface area (Å²) in [6, 6.07) is 11.8. The second kappa shape index (κ2) is 8.03. The predicted molar refractivity (Wildman–Crippen MR) is 119 cm³/mol. The smallest absolute Gasteiger partial charge is 0.261 e.